The number of rotatable bonds is 3. The normalized spacial score (nSPS) is 18.2. The average Bonchev–Trinajstić information content (AvgIpc) is 3.06. The van der Waals surface area contributed by atoms with Gasteiger partial charge in [0.05, 0.1) is 21.1 Å². The zero-order valence-corrected chi connectivity index (χ0v) is 17.0. The van der Waals surface area contributed by atoms with Crippen LogP contribution in [0.3, 0.4) is 0 Å². The Hall–Kier alpha value is -1.73. The Kier molecular flexibility index (Phi) is 4.84. The predicted octanol–water partition coefficient (Wildman–Crippen LogP) is 3.98. The van der Waals surface area contributed by atoms with Gasteiger partial charge in [0.15, 0.2) is 0 Å². The third-order valence-electron chi connectivity index (χ3n) is 4.80. The molecule has 27 heavy (non-hydrogen) atoms. The lowest BCUT2D eigenvalue weighted by Crippen LogP contribution is -2.49. The third-order valence-corrected chi connectivity index (χ3v) is 7.02. The molecule has 0 bridgehead atoms. The Bertz CT molecular complexity index is 1110. The molecular formula is C19H19Cl2N3O2S. The van der Waals surface area contributed by atoms with E-state index in [-0.39, 0.29) is 4.90 Å². The summed E-state index contributed by atoms with van der Waals surface area (Å²) in [6.45, 7) is 4.60. The van der Waals surface area contributed by atoms with Crippen LogP contribution in [0.25, 0.3) is 10.9 Å². The maximum atomic E-state index is 13.1. The minimum absolute atomic E-state index is 0.153. The van der Waals surface area contributed by atoms with Gasteiger partial charge in [-0.25, -0.2) is 12.4 Å². The number of aromatic nitrogens is 1. The van der Waals surface area contributed by atoms with Crippen LogP contribution in [0.1, 0.15) is 6.92 Å². The summed E-state index contributed by atoms with van der Waals surface area (Å²) < 4.78 is 27.6. The summed E-state index contributed by atoms with van der Waals surface area (Å²) in [5.41, 5.74) is 1.48. The van der Waals surface area contributed by atoms with E-state index in [0.717, 1.165) is 30.7 Å². The lowest BCUT2D eigenvalue weighted by Gasteiger charge is -2.34. The fraction of sp³-hybridized carbons (Fsp3) is 0.263. The van der Waals surface area contributed by atoms with Gasteiger partial charge in [-0.3, -0.25) is 0 Å². The first-order valence-corrected chi connectivity index (χ1v) is 10.9. The highest BCUT2D eigenvalue weighted by atomic mass is 35.5. The summed E-state index contributed by atoms with van der Waals surface area (Å²) >= 11 is 12.5. The van der Waals surface area contributed by atoms with Crippen molar-refractivity contribution in [1.82, 2.24) is 9.29 Å². The van der Waals surface area contributed by atoms with Crippen LogP contribution in [0.5, 0.6) is 0 Å². The lowest BCUT2D eigenvalue weighted by molar-refractivity contribution is 0.485. The highest BCUT2D eigenvalue weighted by molar-refractivity contribution is 7.90. The lowest BCUT2D eigenvalue weighted by atomic mass is 10.1. The van der Waals surface area contributed by atoms with Crippen molar-refractivity contribution in [2.24, 2.45) is 0 Å². The topological polar surface area (TPSA) is 54.3 Å². The molecule has 0 aliphatic carbocycles. The molecule has 1 aromatic heterocycles. The van der Waals surface area contributed by atoms with Gasteiger partial charge in [0.2, 0.25) is 0 Å². The molecule has 1 N–H and O–H groups in total. The summed E-state index contributed by atoms with van der Waals surface area (Å²) in [5.74, 6) is 0. The maximum absolute atomic E-state index is 13.1. The minimum atomic E-state index is -3.76. The molecule has 0 amide bonds. The number of benzene rings is 2. The van der Waals surface area contributed by atoms with Crippen LogP contribution in [0.15, 0.2) is 53.6 Å². The fourth-order valence-corrected chi connectivity index (χ4v) is 5.49. The van der Waals surface area contributed by atoms with Crippen LogP contribution in [-0.2, 0) is 10.0 Å². The van der Waals surface area contributed by atoms with Crippen molar-refractivity contribution in [2.75, 3.05) is 24.5 Å². The predicted molar refractivity (Wildman–Crippen MR) is 111 cm³/mol. The van der Waals surface area contributed by atoms with E-state index in [1.807, 2.05) is 6.07 Å². The smallest absolute Gasteiger partial charge is 0.268 e. The molecule has 1 aliphatic heterocycles. The van der Waals surface area contributed by atoms with Crippen molar-refractivity contribution in [1.29, 1.82) is 0 Å². The van der Waals surface area contributed by atoms with Gasteiger partial charge in [0.25, 0.3) is 10.0 Å². The van der Waals surface area contributed by atoms with Gasteiger partial charge in [-0.15, -0.1) is 0 Å². The molecule has 5 nitrogen and oxygen atoms in total. The first-order chi connectivity index (χ1) is 12.9. The van der Waals surface area contributed by atoms with Gasteiger partial charge < -0.3 is 10.2 Å². The molecule has 0 spiro atoms. The first kappa shape index (κ1) is 18.6. The number of piperazine rings is 1. The molecule has 0 radical (unpaired) electrons. The number of anilines is 1. The molecule has 142 valence electrons. The van der Waals surface area contributed by atoms with Gasteiger partial charge in [0.1, 0.15) is 0 Å². The Labute approximate surface area is 168 Å². The summed E-state index contributed by atoms with van der Waals surface area (Å²) in [6, 6.07) is 11.9. The van der Waals surface area contributed by atoms with E-state index in [4.69, 9.17) is 23.2 Å². The monoisotopic (exact) mass is 423 g/mol. The summed E-state index contributed by atoms with van der Waals surface area (Å²) in [5, 5.41) is 5.23. The van der Waals surface area contributed by atoms with Crippen molar-refractivity contribution in [3.8, 4) is 0 Å². The van der Waals surface area contributed by atoms with E-state index in [1.54, 1.807) is 36.5 Å². The molecular weight excluding hydrogens is 405 g/mol. The SMILES string of the molecule is C[C@H]1CN(c2c(Cl)ccc3c2ccn3S(=O)(=O)c2cccc(Cl)c2)CCN1. The highest BCUT2D eigenvalue weighted by Crippen LogP contribution is 2.36. The zero-order chi connectivity index (χ0) is 19.2. The quantitative estimate of drug-likeness (QED) is 0.691. The Morgan fingerprint density at radius 3 is 2.70 bits per heavy atom. The van der Waals surface area contributed by atoms with Crippen LogP contribution < -0.4 is 10.2 Å². The van der Waals surface area contributed by atoms with Crippen molar-refractivity contribution < 1.29 is 8.42 Å². The van der Waals surface area contributed by atoms with Crippen molar-refractivity contribution >= 4 is 49.8 Å². The highest BCUT2D eigenvalue weighted by Gasteiger charge is 2.24. The molecule has 4 rings (SSSR count). The van der Waals surface area contributed by atoms with Crippen molar-refractivity contribution in [3.05, 3.63) is 58.7 Å². The van der Waals surface area contributed by atoms with Gasteiger partial charge in [-0.05, 0) is 43.3 Å². The number of hydrogen-bond donors (Lipinski definition) is 1. The standard InChI is InChI=1S/C19H19Cl2N3O2S/c1-13-12-23(10-8-22-13)19-16-7-9-24(18(16)6-5-17(19)21)27(25,26)15-4-2-3-14(20)11-15/h2-7,9,11,13,22H,8,10,12H2,1H3/t13-/m0/s1. The van der Waals surface area contributed by atoms with Crippen LogP contribution in [0.2, 0.25) is 10.0 Å². The number of halogens is 2. The first-order valence-electron chi connectivity index (χ1n) is 8.67. The van der Waals surface area contributed by atoms with E-state index in [2.05, 4.69) is 17.1 Å². The second kappa shape index (κ2) is 7.02. The minimum Gasteiger partial charge on any atom is -0.367 e. The van der Waals surface area contributed by atoms with E-state index < -0.39 is 10.0 Å². The van der Waals surface area contributed by atoms with Crippen molar-refractivity contribution in [3.63, 3.8) is 0 Å². The van der Waals surface area contributed by atoms with Gasteiger partial charge in [-0.2, -0.15) is 0 Å². The second-order valence-corrected chi connectivity index (χ2v) is 9.36. The van der Waals surface area contributed by atoms with Gasteiger partial charge >= 0.3 is 0 Å². The summed E-state index contributed by atoms with van der Waals surface area (Å²) in [7, 11) is -3.76. The largest absolute Gasteiger partial charge is 0.367 e. The second-order valence-electron chi connectivity index (χ2n) is 6.70. The molecule has 1 atom stereocenters. The van der Waals surface area contributed by atoms with E-state index in [1.165, 1.54) is 10.0 Å². The van der Waals surface area contributed by atoms with E-state index >= 15 is 0 Å². The van der Waals surface area contributed by atoms with Gasteiger partial charge in [0, 0.05) is 42.3 Å². The molecule has 2 heterocycles. The molecule has 2 aromatic carbocycles. The molecule has 1 aliphatic rings. The zero-order valence-electron chi connectivity index (χ0n) is 14.7. The van der Waals surface area contributed by atoms with Crippen molar-refractivity contribution in [2.45, 2.75) is 17.9 Å². The van der Waals surface area contributed by atoms with Crippen LogP contribution >= 0.6 is 23.2 Å². The Balaban J connectivity index is 1.86. The number of fused-ring (bicyclic) bond motifs is 1. The van der Waals surface area contributed by atoms with Gasteiger partial charge in [-0.1, -0.05) is 29.3 Å². The molecule has 1 fully saturated rings. The molecule has 3 aromatic rings. The Morgan fingerprint density at radius 2 is 1.96 bits per heavy atom. The molecule has 0 unspecified atom stereocenters. The molecule has 8 heteroatoms. The third kappa shape index (κ3) is 3.31. The maximum Gasteiger partial charge on any atom is 0.268 e. The fourth-order valence-electron chi connectivity index (χ4n) is 3.56. The van der Waals surface area contributed by atoms with Crippen LogP contribution in [-0.4, -0.2) is 38.1 Å². The van der Waals surface area contributed by atoms with Crippen LogP contribution in [0, 0.1) is 0 Å². The molecule has 0 saturated carbocycles. The summed E-state index contributed by atoms with van der Waals surface area (Å²) in [6.07, 6.45) is 1.58. The summed E-state index contributed by atoms with van der Waals surface area (Å²) in [4.78, 5) is 2.36. The van der Waals surface area contributed by atoms with E-state index in [0.29, 0.717) is 21.6 Å². The average molecular weight is 424 g/mol. The number of nitrogens with zero attached hydrogens (tertiary/aromatic N) is 2. The van der Waals surface area contributed by atoms with Crippen LogP contribution in [0.4, 0.5) is 5.69 Å². The Morgan fingerprint density at radius 1 is 1.15 bits per heavy atom. The van der Waals surface area contributed by atoms with E-state index in [9.17, 15) is 8.42 Å². The number of nitrogens with one attached hydrogen (secondary N) is 1. The number of hydrogen-bond acceptors (Lipinski definition) is 4. The molecule has 1 saturated heterocycles.